The van der Waals surface area contributed by atoms with Crippen LogP contribution in [-0.2, 0) is 4.74 Å². The van der Waals surface area contributed by atoms with E-state index in [4.69, 9.17) is 4.74 Å². The molecule has 1 unspecified atom stereocenters. The summed E-state index contributed by atoms with van der Waals surface area (Å²) in [5, 5.41) is 3.49. The van der Waals surface area contributed by atoms with Gasteiger partial charge < -0.3 is 10.1 Å². The molecule has 0 saturated heterocycles. The van der Waals surface area contributed by atoms with Crippen LogP contribution in [0.15, 0.2) is 24.5 Å². The molecule has 0 fully saturated rings. The van der Waals surface area contributed by atoms with Crippen molar-refractivity contribution in [2.75, 3.05) is 13.2 Å². The van der Waals surface area contributed by atoms with Crippen LogP contribution in [0.4, 0.5) is 0 Å². The van der Waals surface area contributed by atoms with Crippen LogP contribution < -0.4 is 5.32 Å². The van der Waals surface area contributed by atoms with Crippen LogP contribution in [0.3, 0.4) is 0 Å². The Bertz CT molecular complexity index is 306. The Balaban J connectivity index is 2.61. The van der Waals surface area contributed by atoms with Crippen molar-refractivity contribution in [1.29, 1.82) is 0 Å². The van der Waals surface area contributed by atoms with E-state index in [2.05, 4.69) is 44.1 Å². The quantitative estimate of drug-likeness (QED) is 0.824. The smallest absolute Gasteiger partial charge is 0.0669 e. The Kier molecular flexibility index (Phi) is 5.59. The third kappa shape index (κ3) is 5.80. The summed E-state index contributed by atoms with van der Waals surface area (Å²) in [6, 6.07) is 4.28. The highest BCUT2D eigenvalue weighted by atomic mass is 16.5. The van der Waals surface area contributed by atoms with E-state index in [-0.39, 0.29) is 11.6 Å². The maximum atomic E-state index is 5.85. The first kappa shape index (κ1) is 14.1. The third-order valence-electron chi connectivity index (χ3n) is 2.41. The largest absolute Gasteiger partial charge is 0.374 e. The van der Waals surface area contributed by atoms with Gasteiger partial charge >= 0.3 is 0 Å². The first-order chi connectivity index (χ1) is 8.03. The molecule has 0 spiro atoms. The molecule has 1 aromatic rings. The molecule has 0 saturated carbocycles. The molecular formula is C14H24N2O. The van der Waals surface area contributed by atoms with Gasteiger partial charge in [0.05, 0.1) is 18.2 Å². The number of hydrogen-bond donors (Lipinski definition) is 1. The summed E-state index contributed by atoms with van der Waals surface area (Å²) in [6.45, 7) is 10.1. The normalized spacial score (nSPS) is 13.6. The van der Waals surface area contributed by atoms with Crippen LogP contribution >= 0.6 is 0 Å². The Labute approximate surface area is 105 Å². The zero-order valence-corrected chi connectivity index (χ0v) is 11.4. The van der Waals surface area contributed by atoms with Crippen LogP contribution in [-0.4, -0.2) is 23.7 Å². The lowest BCUT2D eigenvalue weighted by molar-refractivity contribution is -0.0148. The standard InChI is InChI=1S/C14H24N2O/c1-5-8-16-13(11-17-14(2,3)4)12-7-6-9-15-10-12/h6-7,9-10,13,16H,5,8,11H2,1-4H3. The van der Waals surface area contributed by atoms with Crippen molar-refractivity contribution >= 4 is 0 Å². The van der Waals surface area contributed by atoms with Gasteiger partial charge in [-0.25, -0.2) is 0 Å². The average molecular weight is 236 g/mol. The van der Waals surface area contributed by atoms with E-state index >= 15 is 0 Å². The molecule has 1 N–H and O–H groups in total. The number of nitrogens with zero attached hydrogens (tertiary/aromatic N) is 1. The predicted octanol–water partition coefficient (Wildman–Crippen LogP) is 2.94. The molecule has 1 atom stereocenters. The highest BCUT2D eigenvalue weighted by Crippen LogP contribution is 2.16. The number of aromatic nitrogens is 1. The Morgan fingerprint density at radius 3 is 2.71 bits per heavy atom. The van der Waals surface area contributed by atoms with Crippen LogP contribution in [0.25, 0.3) is 0 Å². The topological polar surface area (TPSA) is 34.1 Å². The molecule has 0 radical (unpaired) electrons. The van der Waals surface area contributed by atoms with Gasteiger partial charge in [-0.15, -0.1) is 0 Å². The molecule has 0 aliphatic carbocycles. The summed E-state index contributed by atoms with van der Waals surface area (Å²) in [4.78, 5) is 4.16. The van der Waals surface area contributed by atoms with E-state index in [1.165, 1.54) is 5.56 Å². The van der Waals surface area contributed by atoms with Crippen LogP contribution in [0, 0.1) is 0 Å². The number of ether oxygens (including phenoxy) is 1. The SMILES string of the molecule is CCCNC(COC(C)(C)C)c1cccnc1. The van der Waals surface area contributed by atoms with Crippen molar-refractivity contribution in [1.82, 2.24) is 10.3 Å². The third-order valence-corrected chi connectivity index (χ3v) is 2.41. The Morgan fingerprint density at radius 1 is 1.41 bits per heavy atom. The van der Waals surface area contributed by atoms with E-state index in [0.29, 0.717) is 6.61 Å². The minimum Gasteiger partial charge on any atom is -0.374 e. The van der Waals surface area contributed by atoms with Crippen molar-refractivity contribution in [3.05, 3.63) is 30.1 Å². The highest BCUT2D eigenvalue weighted by Gasteiger charge is 2.16. The lowest BCUT2D eigenvalue weighted by Crippen LogP contribution is -2.30. The number of rotatable bonds is 6. The number of pyridine rings is 1. The lowest BCUT2D eigenvalue weighted by Gasteiger charge is -2.25. The van der Waals surface area contributed by atoms with Crippen molar-refractivity contribution in [3.63, 3.8) is 0 Å². The predicted molar refractivity (Wildman–Crippen MR) is 71.0 cm³/mol. The molecule has 0 amide bonds. The number of hydrogen-bond acceptors (Lipinski definition) is 3. The minimum absolute atomic E-state index is 0.103. The Morgan fingerprint density at radius 2 is 2.18 bits per heavy atom. The van der Waals surface area contributed by atoms with Gasteiger partial charge in [0, 0.05) is 12.4 Å². The van der Waals surface area contributed by atoms with E-state index in [0.717, 1.165) is 13.0 Å². The van der Waals surface area contributed by atoms with Gasteiger partial charge in [0.2, 0.25) is 0 Å². The van der Waals surface area contributed by atoms with Crippen molar-refractivity contribution in [2.45, 2.75) is 45.8 Å². The highest BCUT2D eigenvalue weighted by molar-refractivity contribution is 5.13. The van der Waals surface area contributed by atoms with E-state index in [9.17, 15) is 0 Å². The number of nitrogens with one attached hydrogen (secondary N) is 1. The van der Waals surface area contributed by atoms with E-state index < -0.39 is 0 Å². The molecular weight excluding hydrogens is 212 g/mol. The van der Waals surface area contributed by atoms with Gasteiger partial charge in [-0.2, -0.15) is 0 Å². The molecule has 96 valence electrons. The fourth-order valence-corrected chi connectivity index (χ4v) is 1.51. The second-order valence-electron chi connectivity index (χ2n) is 5.22. The maximum absolute atomic E-state index is 5.85. The molecule has 1 rings (SSSR count). The summed E-state index contributed by atoms with van der Waals surface area (Å²) < 4.78 is 5.85. The Hall–Kier alpha value is -0.930. The minimum atomic E-state index is -0.103. The van der Waals surface area contributed by atoms with Crippen molar-refractivity contribution in [3.8, 4) is 0 Å². The maximum Gasteiger partial charge on any atom is 0.0669 e. The summed E-state index contributed by atoms with van der Waals surface area (Å²) in [5.41, 5.74) is 1.08. The summed E-state index contributed by atoms with van der Waals surface area (Å²) in [6.07, 6.45) is 4.82. The van der Waals surface area contributed by atoms with Gasteiger partial charge in [-0.1, -0.05) is 13.0 Å². The second kappa shape index (κ2) is 6.72. The first-order valence-electron chi connectivity index (χ1n) is 6.30. The monoisotopic (exact) mass is 236 g/mol. The molecule has 3 heteroatoms. The molecule has 3 nitrogen and oxygen atoms in total. The fraction of sp³-hybridized carbons (Fsp3) is 0.643. The van der Waals surface area contributed by atoms with Crippen LogP contribution in [0.5, 0.6) is 0 Å². The summed E-state index contributed by atoms with van der Waals surface area (Å²) in [7, 11) is 0. The van der Waals surface area contributed by atoms with Crippen LogP contribution in [0.2, 0.25) is 0 Å². The lowest BCUT2D eigenvalue weighted by atomic mass is 10.1. The van der Waals surface area contributed by atoms with Gasteiger partial charge in [0.25, 0.3) is 0 Å². The van der Waals surface area contributed by atoms with E-state index in [1.54, 1.807) is 6.20 Å². The fourth-order valence-electron chi connectivity index (χ4n) is 1.51. The van der Waals surface area contributed by atoms with E-state index in [1.807, 2.05) is 12.3 Å². The summed E-state index contributed by atoms with van der Waals surface area (Å²) in [5.74, 6) is 0. The molecule has 0 bridgehead atoms. The zero-order chi connectivity index (χ0) is 12.7. The van der Waals surface area contributed by atoms with Crippen molar-refractivity contribution in [2.24, 2.45) is 0 Å². The average Bonchev–Trinajstić information content (AvgIpc) is 2.29. The first-order valence-corrected chi connectivity index (χ1v) is 6.30. The molecule has 0 aromatic carbocycles. The van der Waals surface area contributed by atoms with Crippen molar-refractivity contribution < 1.29 is 4.74 Å². The summed E-state index contributed by atoms with van der Waals surface area (Å²) >= 11 is 0. The molecule has 0 aliphatic heterocycles. The molecule has 17 heavy (non-hydrogen) atoms. The van der Waals surface area contributed by atoms with Gasteiger partial charge in [-0.05, 0) is 45.4 Å². The van der Waals surface area contributed by atoms with Gasteiger partial charge in [0.1, 0.15) is 0 Å². The molecule has 1 aromatic heterocycles. The second-order valence-corrected chi connectivity index (χ2v) is 5.22. The zero-order valence-electron chi connectivity index (χ0n) is 11.4. The van der Waals surface area contributed by atoms with Crippen LogP contribution in [0.1, 0.15) is 45.7 Å². The van der Waals surface area contributed by atoms with Gasteiger partial charge in [0.15, 0.2) is 0 Å². The molecule has 0 aliphatic rings. The van der Waals surface area contributed by atoms with Gasteiger partial charge in [-0.3, -0.25) is 4.98 Å². The molecule has 1 heterocycles.